The minimum Gasteiger partial charge on any atom is -0.384 e. The molecule has 0 aliphatic carbocycles. The van der Waals surface area contributed by atoms with Gasteiger partial charge in [0.1, 0.15) is 23.0 Å². The topological polar surface area (TPSA) is 85.4 Å². The van der Waals surface area contributed by atoms with Crippen LogP contribution in [0.4, 0.5) is 5.82 Å². The molecule has 6 nitrogen and oxygen atoms in total. The average Bonchev–Trinajstić information content (AvgIpc) is 3.11. The first-order valence-electron chi connectivity index (χ1n) is 6.93. The highest BCUT2D eigenvalue weighted by Crippen LogP contribution is 2.26. The van der Waals surface area contributed by atoms with Crippen molar-refractivity contribution in [2.45, 2.75) is 6.92 Å². The molecule has 0 radical (unpaired) electrons. The van der Waals surface area contributed by atoms with Gasteiger partial charge >= 0.3 is 0 Å². The van der Waals surface area contributed by atoms with E-state index in [1.54, 1.807) is 12.4 Å². The molecule has 0 unspecified atom stereocenters. The quantitative estimate of drug-likeness (QED) is 0.570. The van der Waals surface area contributed by atoms with Gasteiger partial charge in [0.25, 0.3) is 0 Å². The summed E-state index contributed by atoms with van der Waals surface area (Å²) in [5.41, 5.74) is 9.60. The zero-order chi connectivity index (χ0) is 15.1. The number of para-hydroxylation sites is 1. The summed E-state index contributed by atoms with van der Waals surface area (Å²) in [4.78, 5) is 16.3. The van der Waals surface area contributed by atoms with Gasteiger partial charge < -0.3 is 10.7 Å². The third-order valence-corrected chi connectivity index (χ3v) is 3.55. The number of pyridine rings is 1. The summed E-state index contributed by atoms with van der Waals surface area (Å²) in [7, 11) is 0. The van der Waals surface area contributed by atoms with Crippen LogP contribution < -0.4 is 5.73 Å². The Labute approximate surface area is 151 Å². The summed E-state index contributed by atoms with van der Waals surface area (Å²) in [5.74, 6) is 2.17. The first-order valence-corrected chi connectivity index (χ1v) is 6.93. The van der Waals surface area contributed by atoms with Gasteiger partial charge in [0.15, 0.2) is 0 Å². The summed E-state index contributed by atoms with van der Waals surface area (Å²) in [6.45, 7) is 1.95. The first kappa shape index (κ1) is 17.8. The van der Waals surface area contributed by atoms with Crippen LogP contribution in [0.2, 0.25) is 0 Å². The van der Waals surface area contributed by atoms with E-state index in [1.807, 2.05) is 48.0 Å². The summed E-state index contributed by atoms with van der Waals surface area (Å²) in [6.07, 6.45) is 5.37. The van der Waals surface area contributed by atoms with Crippen LogP contribution in [0.1, 0.15) is 5.82 Å². The van der Waals surface area contributed by atoms with Gasteiger partial charge in [-0.1, -0.05) is 6.07 Å². The molecule has 0 bridgehead atoms. The van der Waals surface area contributed by atoms with Gasteiger partial charge in [-0.2, -0.15) is 0 Å². The molecule has 0 spiro atoms. The summed E-state index contributed by atoms with van der Waals surface area (Å²) < 4.78 is 2.01. The molecular weight excluding hydrogens is 347 g/mol. The lowest BCUT2D eigenvalue weighted by atomic mass is 10.2. The lowest BCUT2D eigenvalue weighted by molar-refractivity contribution is 1.07. The lowest BCUT2D eigenvalue weighted by Gasteiger charge is -2.09. The minimum atomic E-state index is 0. The van der Waals surface area contributed by atoms with E-state index in [1.165, 1.54) is 0 Å². The highest BCUT2D eigenvalue weighted by atomic mass is 35.5. The highest BCUT2D eigenvalue weighted by Gasteiger charge is 2.12. The van der Waals surface area contributed by atoms with Crippen molar-refractivity contribution in [3.63, 3.8) is 0 Å². The van der Waals surface area contributed by atoms with Crippen molar-refractivity contribution in [2.75, 3.05) is 5.73 Å². The monoisotopic (exact) mass is 362 g/mol. The number of aromatic nitrogens is 5. The number of benzene rings is 1. The van der Waals surface area contributed by atoms with Gasteiger partial charge in [-0.15, -0.1) is 24.8 Å². The predicted octanol–water partition coefficient (Wildman–Crippen LogP) is 3.54. The van der Waals surface area contributed by atoms with Crippen molar-refractivity contribution in [3.05, 3.63) is 54.7 Å². The maximum Gasteiger partial charge on any atom is 0.144 e. The number of fused-ring (bicyclic) bond motifs is 1. The van der Waals surface area contributed by atoms with E-state index >= 15 is 0 Å². The Morgan fingerprint density at radius 3 is 2.71 bits per heavy atom. The number of aromatic amines is 1. The van der Waals surface area contributed by atoms with Crippen LogP contribution in [0.3, 0.4) is 0 Å². The maximum absolute atomic E-state index is 5.78. The van der Waals surface area contributed by atoms with Gasteiger partial charge in [-0.05, 0) is 31.2 Å². The second-order valence-corrected chi connectivity index (χ2v) is 5.09. The van der Waals surface area contributed by atoms with E-state index in [0.29, 0.717) is 5.82 Å². The van der Waals surface area contributed by atoms with Crippen molar-refractivity contribution in [1.29, 1.82) is 0 Å². The van der Waals surface area contributed by atoms with E-state index in [4.69, 9.17) is 5.73 Å². The Balaban J connectivity index is 0.00000104. The molecule has 3 aromatic heterocycles. The number of aryl methyl sites for hydroxylation is 1. The second kappa shape index (κ2) is 6.90. The lowest BCUT2D eigenvalue weighted by Crippen LogP contribution is -1.98. The van der Waals surface area contributed by atoms with Gasteiger partial charge in [0, 0.05) is 24.2 Å². The van der Waals surface area contributed by atoms with Crippen LogP contribution in [0.15, 0.2) is 48.9 Å². The van der Waals surface area contributed by atoms with Gasteiger partial charge in [0.2, 0.25) is 0 Å². The fourth-order valence-electron chi connectivity index (χ4n) is 2.63. The Bertz CT molecular complexity index is 976. The van der Waals surface area contributed by atoms with E-state index < -0.39 is 0 Å². The molecule has 4 rings (SSSR count). The third-order valence-electron chi connectivity index (χ3n) is 3.55. The van der Waals surface area contributed by atoms with Gasteiger partial charge in [0.05, 0.1) is 11.2 Å². The van der Waals surface area contributed by atoms with E-state index in [0.717, 1.165) is 33.9 Å². The van der Waals surface area contributed by atoms with E-state index in [2.05, 4.69) is 19.9 Å². The van der Waals surface area contributed by atoms with Crippen LogP contribution in [0.25, 0.3) is 28.1 Å². The fraction of sp³-hybridized carbons (Fsp3) is 0.0625. The molecule has 3 N–H and O–H groups in total. The molecule has 24 heavy (non-hydrogen) atoms. The average molecular weight is 363 g/mol. The molecular formula is C16H16Cl2N6. The molecule has 0 amide bonds. The zero-order valence-electron chi connectivity index (χ0n) is 12.8. The first-order chi connectivity index (χ1) is 10.7. The maximum atomic E-state index is 5.78. The molecule has 8 heteroatoms. The number of hydrogen-bond donors (Lipinski definition) is 2. The fourth-order valence-corrected chi connectivity index (χ4v) is 2.63. The molecule has 124 valence electrons. The summed E-state index contributed by atoms with van der Waals surface area (Å²) >= 11 is 0. The highest BCUT2D eigenvalue weighted by molar-refractivity contribution is 5.86. The number of hydrogen-bond acceptors (Lipinski definition) is 4. The zero-order valence-corrected chi connectivity index (χ0v) is 14.4. The molecule has 0 aliphatic heterocycles. The number of rotatable bonds is 2. The summed E-state index contributed by atoms with van der Waals surface area (Å²) in [6, 6.07) is 9.75. The van der Waals surface area contributed by atoms with Crippen LogP contribution >= 0.6 is 24.8 Å². The number of nitrogens with zero attached hydrogens (tertiary/aromatic N) is 4. The largest absolute Gasteiger partial charge is 0.384 e. The van der Waals surface area contributed by atoms with E-state index in [-0.39, 0.29) is 24.8 Å². The van der Waals surface area contributed by atoms with Crippen molar-refractivity contribution in [1.82, 2.24) is 24.5 Å². The number of H-pyrrole nitrogens is 1. The molecule has 0 aliphatic rings. The third kappa shape index (κ3) is 2.93. The van der Waals surface area contributed by atoms with Crippen molar-refractivity contribution in [3.8, 4) is 17.1 Å². The smallest absolute Gasteiger partial charge is 0.144 e. The van der Waals surface area contributed by atoms with Crippen molar-refractivity contribution >= 4 is 41.7 Å². The van der Waals surface area contributed by atoms with Crippen LogP contribution in [-0.4, -0.2) is 24.5 Å². The van der Waals surface area contributed by atoms with Crippen LogP contribution in [0.5, 0.6) is 0 Å². The molecule has 4 aromatic rings. The van der Waals surface area contributed by atoms with Crippen LogP contribution in [-0.2, 0) is 0 Å². The molecule has 3 heterocycles. The summed E-state index contributed by atoms with van der Waals surface area (Å²) in [5, 5.41) is 0. The molecule has 0 saturated carbocycles. The van der Waals surface area contributed by atoms with Gasteiger partial charge in [-0.3, -0.25) is 4.57 Å². The van der Waals surface area contributed by atoms with Crippen molar-refractivity contribution < 1.29 is 0 Å². The molecule has 1 aromatic carbocycles. The Morgan fingerprint density at radius 1 is 1.08 bits per heavy atom. The van der Waals surface area contributed by atoms with Crippen LogP contribution in [0, 0.1) is 6.92 Å². The second-order valence-electron chi connectivity index (χ2n) is 5.09. The number of anilines is 1. The molecule has 0 atom stereocenters. The SMILES string of the molecule is Cc1nc2c(-n3ccnc3-c3ccnc(N)c3)cccc2[nH]1.Cl.Cl. The van der Waals surface area contributed by atoms with Crippen molar-refractivity contribution in [2.24, 2.45) is 0 Å². The molecule has 0 fully saturated rings. The normalized spacial score (nSPS) is 10.2. The van der Waals surface area contributed by atoms with E-state index in [9.17, 15) is 0 Å². The Hall–Kier alpha value is -2.57. The molecule has 0 saturated heterocycles. The number of nitrogen functional groups attached to an aromatic ring is 1. The standard InChI is InChI=1S/C16H14N6.2ClH/c1-10-20-12-3-2-4-13(15(12)21-10)22-8-7-19-16(22)11-5-6-18-14(17)9-11;;/h2-9H,1H3,(H2,17,18)(H,20,21);2*1H. The number of nitrogens with two attached hydrogens (primary N) is 1. The Morgan fingerprint density at radius 2 is 1.92 bits per heavy atom. The number of halogens is 2. The minimum absolute atomic E-state index is 0. The number of nitrogens with one attached hydrogen (secondary N) is 1. The number of imidazole rings is 2. The van der Waals surface area contributed by atoms with Gasteiger partial charge in [-0.25, -0.2) is 15.0 Å². The Kier molecular flexibility index (Phi) is 5.11. The predicted molar refractivity (Wildman–Crippen MR) is 100 cm³/mol.